The molecule has 0 spiro atoms. The van der Waals surface area contributed by atoms with Crippen LogP contribution in [-0.4, -0.2) is 46.4 Å². The van der Waals surface area contributed by atoms with Crippen LogP contribution in [-0.2, 0) is 16.1 Å². The number of anilines is 1. The lowest BCUT2D eigenvalue weighted by molar-refractivity contribution is -0.140. The summed E-state index contributed by atoms with van der Waals surface area (Å²) in [6.07, 6.45) is 4.12. The van der Waals surface area contributed by atoms with Gasteiger partial charge in [-0.25, -0.2) is 0 Å². The van der Waals surface area contributed by atoms with Crippen LogP contribution < -0.4 is 5.73 Å². The summed E-state index contributed by atoms with van der Waals surface area (Å²) in [6.45, 7) is 4.21. The molecule has 1 unspecified atom stereocenters. The first kappa shape index (κ1) is 11.9. The van der Waals surface area contributed by atoms with Crippen LogP contribution in [0, 0.1) is 0 Å². The molecular formula is C11H18N4O2. The Hall–Kier alpha value is -1.56. The van der Waals surface area contributed by atoms with Crippen LogP contribution in [0.25, 0.3) is 0 Å². The zero-order chi connectivity index (χ0) is 12.3. The van der Waals surface area contributed by atoms with Crippen molar-refractivity contribution in [1.29, 1.82) is 0 Å². The van der Waals surface area contributed by atoms with E-state index in [0.29, 0.717) is 25.4 Å². The Morgan fingerprint density at radius 1 is 1.71 bits per heavy atom. The fraction of sp³-hybridized carbons (Fsp3) is 0.636. The van der Waals surface area contributed by atoms with Gasteiger partial charge in [0.25, 0.3) is 0 Å². The van der Waals surface area contributed by atoms with Crippen molar-refractivity contribution in [2.75, 3.05) is 25.5 Å². The van der Waals surface area contributed by atoms with Crippen molar-refractivity contribution in [2.24, 2.45) is 0 Å². The third-order valence-electron chi connectivity index (χ3n) is 2.97. The second-order valence-corrected chi connectivity index (χ2v) is 4.20. The zero-order valence-electron chi connectivity index (χ0n) is 10.0. The van der Waals surface area contributed by atoms with E-state index in [0.717, 1.165) is 6.42 Å². The molecule has 1 saturated heterocycles. The number of carbonyl (C=O) groups is 1. The second-order valence-electron chi connectivity index (χ2n) is 4.20. The summed E-state index contributed by atoms with van der Waals surface area (Å²) in [5, 5.41) is 4.01. The molecule has 1 aromatic rings. The molecule has 0 saturated carbocycles. The van der Waals surface area contributed by atoms with Crippen molar-refractivity contribution < 1.29 is 9.53 Å². The molecule has 2 heterocycles. The quantitative estimate of drug-likeness (QED) is 0.810. The Bertz CT molecular complexity index is 391. The lowest BCUT2D eigenvalue weighted by atomic mass is 10.2. The van der Waals surface area contributed by atoms with Gasteiger partial charge in [0.1, 0.15) is 6.54 Å². The van der Waals surface area contributed by atoms with E-state index in [4.69, 9.17) is 10.5 Å². The Labute approximate surface area is 100 Å². The molecule has 0 radical (unpaired) electrons. The van der Waals surface area contributed by atoms with Gasteiger partial charge in [0, 0.05) is 12.7 Å². The van der Waals surface area contributed by atoms with Crippen molar-refractivity contribution in [3.63, 3.8) is 0 Å². The van der Waals surface area contributed by atoms with Crippen LogP contribution in [0.4, 0.5) is 5.69 Å². The molecule has 94 valence electrons. The summed E-state index contributed by atoms with van der Waals surface area (Å²) < 4.78 is 6.94. The van der Waals surface area contributed by atoms with Crippen molar-refractivity contribution in [3.05, 3.63) is 12.4 Å². The molecule has 1 atom stereocenters. The fourth-order valence-corrected chi connectivity index (χ4v) is 2.02. The van der Waals surface area contributed by atoms with E-state index in [2.05, 4.69) is 12.0 Å². The van der Waals surface area contributed by atoms with E-state index in [1.165, 1.54) is 0 Å². The predicted octanol–water partition coefficient (Wildman–Crippen LogP) is 0.103. The van der Waals surface area contributed by atoms with E-state index in [9.17, 15) is 4.79 Å². The number of hydrogen-bond acceptors (Lipinski definition) is 4. The van der Waals surface area contributed by atoms with Crippen molar-refractivity contribution in [3.8, 4) is 0 Å². The highest BCUT2D eigenvalue weighted by atomic mass is 16.5. The number of hydrogen-bond donors (Lipinski definition) is 1. The molecule has 2 rings (SSSR count). The van der Waals surface area contributed by atoms with Crippen LogP contribution in [0.15, 0.2) is 12.4 Å². The van der Waals surface area contributed by atoms with Crippen LogP contribution in [0.1, 0.15) is 13.3 Å². The van der Waals surface area contributed by atoms with Gasteiger partial charge in [-0.2, -0.15) is 5.10 Å². The standard InChI is InChI=1S/C11H18N4O2/c1-2-10-8-17-4-3-15(10)11(16)7-14-6-9(12)5-13-14/h5-6,10H,2-4,7-8,12H2,1H3. The maximum Gasteiger partial charge on any atom is 0.244 e. The average Bonchev–Trinajstić information content (AvgIpc) is 2.74. The Morgan fingerprint density at radius 2 is 2.53 bits per heavy atom. The van der Waals surface area contributed by atoms with E-state index in [-0.39, 0.29) is 18.5 Å². The summed E-state index contributed by atoms with van der Waals surface area (Å²) in [5.41, 5.74) is 6.13. The lowest BCUT2D eigenvalue weighted by Crippen LogP contribution is -2.49. The molecule has 1 fully saturated rings. The average molecular weight is 238 g/mol. The van der Waals surface area contributed by atoms with E-state index < -0.39 is 0 Å². The molecule has 17 heavy (non-hydrogen) atoms. The number of ether oxygens (including phenoxy) is 1. The highest BCUT2D eigenvalue weighted by Crippen LogP contribution is 2.11. The van der Waals surface area contributed by atoms with Crippen LogP contribution in [0.5, 0.6) is 0 Å². The number of aromatic nitrogens is 2. The summed E-state index contributed by atoms with van der Waals surface area (Å²) in [4.78, 5) is 14.0. The number of carbonyl (C=O) groups excluding carboxylic acids is 1. The SMILES string of the molecule is CCC1COCCN1C(=O)Cn1cc(N)cn1. The molecule has 6 nitrogen and oxygen atoms in total. The van der Waals surface area contributed by atoms with Crippen LogP contribution >= 0.6 is 0 Å². The Kier molecular flexibility index (Phi) is 3.63. The van der Waals surface area contributed by atoms with Crippen LogP contribution in [0.3, 0.4) is 0 Å². The van der Waals surface area contributed by atoms with Gasteiger partial charge in [0.2, 0.25) is 5.91 Å². The van der Waals surface area contributed by atoms with Gasteiger partial charge >= 0.3 is 0 Å². The minimum absolute atomic E-state index is 0.0725. The first-order valence-corrected chi connectivity index (χ1v) is 5.86. The first-order chi connectivity index (χ1) is 8.20. The summed E-state index contributed by atoms with van der Waals surface area (Å²) in [7, 11) is 0. The Balaban J connectivity index is 1.98. The third kappa shape index (κ3) is 2.76. The van der Waals surface area contributed by atoms with Gasteiger partial charge in [-0.1, -0.05) is 6.92 Å². The maximum atomic E-state index is 12.1. The molecule has 0 aromatic carbocycles. The van der Waals surface area contributed by atoms with Gasteiger partial charge in [0.05, 0.1) is 31.1 Å². The number of nitrogens with zero attached hydrogens (tertiary/aromatic N) is 3. The Morgan fingerprint density at radius 3 is 3.18 bits per heavy atom. The maximum absolute atomic E-state index is 12.1. The number of nitrogens with two attached hydrogens (primary N) is 1. The van der Waals surface area contributed by atoms with Crippen LogP contribution in [0.2, 0.25) is 0 Å². The van der Waals surface area contributed by atoms with E-state index in [1.807, 2.05) is 4.90 Å². The van der Waals surface area contributed by atoms with Crippen molar-refractivity contribution in [1.82, 2.24) is 14.7 Å². The van der Waals surface area contributed by atoms with Gasteiger partial charge in [-0.05, 0) is 6.42 Å². The van der Waals surface area contributed by atoms with Gasteiger partial charge in [-0.3, -0.25) is 9.48 Å². The van der Waals surface area contributed by atoms with Gasteiger partial charge in [0.15, 0.2) is 0 Å². The molecule has 0 aliphatic carbocycles. The second kappa shape index (κ2) is 5.18. The van der Waals surface area contributed by atoms with Crippen molar-refractivity contribution >= 4 is 11.6 Å². The zero-order valence-corrected chi connectivity index (χ0v) is 10.0. The first-order valence-electron chi connectivity index (χ1n) is 5.86. The largest absolute Gasteiger partial charge is 0.396 e. The topological polar surface area (TPSA) is 73.4 Å². The molecule has 1 aliphatic heterocycles. The van der Waals surface area contributed by atoms with E-state index >= 15 is 0 Å². The smallest absolute Gasteiger partial charge is 0.244 e. The summed E-state index contributed by atoms with van der Waals surface area (Å²) in [6, 6.07) is 0.184. The number of rotatable bonds is 3. The minimum Gasteiger partial charge on any atom is -0.396 e. The fourth-order valence-electron chi connectivity index (χ4n) is 2.02. The monoisotopic (exact) mass is 238 g/mol. The molecule has 1 amide bonds. The number of amides is 1. The third-order valence-corrected chi connectivity index (χ3v) is 2.97. The molecule has 2 N–H and O–H groups in total. The number of morpholine rings is 1. The van der Waals surface area contributed by atoms with Gasteiger partial charge < -0.3 is 15.4 Å². The van der Waals surface area contributed by atoms with Gasteiger partial charge in [-0.15, -0.1) is 0 Å². The highest BCUT2D eigenvalue weighted by molar-refractivity contribution is 5.76. The predicted molar refractivity (Wildman–Crippen MR) is 63.3 cm³/mol. The van der Waals surface area contributed by atoms with E-state index in [1.54, 1.807) is 17.1 Å². The molecule has 0 bridgehead atoms. The summed E-state index contributed by atoms with van der Waals surface area (Å²) in [5.74, 6) is 0.0725. The molecule has 1 aromatic heterocycles. The normalized spacial score (nSPS) is 20.5. The number of nitrogen functional groups attached to an aromatic ring is 1. The summed E-state index contributed by atoms with van der Waals surface area (Å²) >= 11 is 0. The molecule has 1 aliphatic rings. The van der Waals surface area contributed by atoms with Crippen molar-refractivity contribution in [2.45, 2.75) is 25.9 Å². The lowest BCUT2D eigenvalue weighted by Gasteiger charge is -2.35. The molecule has 6 heteroatoms. The minimum atomic E-state index is 0.0725. The highest BCUT2D eigenvalue weighted by Gasteiger charge is 2.25. The molecular weight excluding hydrogens is 220 g/mol.